The SMILES string of the molecule is COC(=O)[C@]1(C)CCC[C@@]2(C)C3CC[C@]4(OC(C)=O)C[C@@]3(CCC21)CC4=O. The molecule has 6 atom stereocenters. The lowest BCUT2D eigenvalue weighted by Crippen LogP contribution is -2.59. The van der Waals surface area contributed by atoms with Crippen molar-refractivity contribution >= 4 is 17.7 Å². The monoisotopic (exact) mass is 376 g/mol. The van der Waals surface area contributed by atoms with Crippen molar-refractivity contribution in [2.24, 2.45) is 28.1 Å². The Balaban J connectivity index is 1.70. The number of hydrogen-bond donors (Lipinski definition) is 0. The van der Waals surface area contributed by atoms with E-state index in [9.17, 15) is 14.4 Å². The average Bonchev–Trinajstić information content (AvgIpc) is 2.78. The summed E-state index contributed by atoms with van der Waals surface area (Å²) in [5.41, 5.74) is -1.35. The summed E-state index contributed by atoms with van der Waals surface area (Å²) in [6.07, 6.45) is 7.65. The minimum Gasteiger partial charge on any atom is -0.469 e. The first-order valence-electron chi connectivity index (χ1n) is 10.4. The Hall–Kier alpha value is -1.39. The summed E-state index contributed by atoms with van der Waals surface area (Å²) in [6.45, 7) is 5.84. The molecule has 4 aliphatic rings. The van der Waals surface area contributed by atoms with Gasteiger partial charge in [-0.1, -0.05) is 13.3 Å². The molecule has 2 bridgehead atoms. The molecule has 0 aromatic heterocycles. The lowest BCUT2D eigenvalue weighted by molar-refractivity contribution is -0.194. The van der Waals surface area contributed by atoms with Crippen LogP contribution in [0, 0.1) is 28.1 Å². The summed E-state index contributed by atoms with van der Waals surface area (Å²) in [6, 6.07) is 0. The Labute approximate surface area is 161 Å². The summed E-state index contributed by atoms with van der Waals surface area (Å²) in [7, 11) is 1.49. The van der Waals surface area contributed by atoms with Crippen LogP contribution in [0.3, 0.4) is 0 Å². The largest absolute Gasteiger partial charge is 0.469 e. The highest BCUT2D eigenvalue weighted by atomic mass is 16.6. The lowest BCUT2D eigenvalue weighted by Gasteiger charge is -2.63. The number of carbonyl (C=O) groups excluding carboxylic acids is 3. The van der Waals surface area contributed by atoms with Gasteiger partial charge in [-0.2, -0.15) is 0 Å². The number of ether oxygens (including phenoxy) is 2. The van der Waals surface area contributed by atoms with Crippen LogP contribution in [0.25, 0.3) is 0 Å². The van der Waals surface area contributed by atoms with Gasteiger partial charge in [0, 0.05) is 19.8 Å². The zero-order chi connectivity index (χ0) is 19.7. The van der Waals surface area contributed by atoms with Crippen molar-refractivity contribution in [3.05, 3.63) is 0 Å². The van der Waals surface area contributed by atoms with Crippen LogP contribution in [-0.2, 0) is 23.9 Å². The molecule has 0 aromatic carbocycles. The van der Waals surface area contributed by atoms with Gasteiger partial charge < -0.3 is 9.47 Å². The molecule has 4 aliphatic carbocycles. The highest BCUT2D eigenvalue weighted by Gasteiger charge is 2.70. The summed E-state index contributed by atoms with van der Waals surface area (Å²) >= 11 is 0. The van der Waals surface area contributed by atoms with Gasteiger partial charge in [-0.15, -0.1) is 0 Å². The van der Waals surface area contributed by atoms with Gasteiger partial charge in [0.25, 0.3) is 0 Å². The van der Waals surface area contributed by atoms with E-state index >= 15 is 0 Å². The molecular weight excluding hydrogens is 344 g/mol. The molecule has 0 heterocycles. The van der Waals surface area contributed by atoms with E-state index in [4.69, 9.17) is 9.47 Å². The van der Waals surface area contributed by atoms with Gasteiger partial charge in [-0.25, -0.2) is 0 Å². The van der Waals surface area contributed by atoms with E-state index in [1.807, 2.05) is 0 Å². The first kappa shape index (κ1) is 18.9. The molecule has 0 aliphatic heterocycles. The van der Waals surface area contributed by atoms with Crippen LogP contribution in [0.15, 0.2) is 0 Å². The van der Waals surface area contributed by atoms with Crippen molar-refractivity contribution in [3.8, 4) is 0 Å². The number of rotatable bonds is 2. The van der Waals surface area contributed by atoms with E-state index in [0.29, 0.717) is 31.1 Å². The number of Topliss-reactive ketones (excluding diaryl/α,β-unsaturated/α-hetero) is 1. The molecule has 0 saturated heterocycles. The number of carbonyl (C=O) groups is 3. The van der Waals surface area contributed by atoms with Gasteiger partial charge >= 0.3 is 11.9 Å². The predicted octanol–water partition coefficient (Wildman–Crippen LogP) is 3.83. The maximum atomic E-state index is 13.0. The average molecular weight is 376 g/mol. The molecule has 4 rings (SSSR count). The van der Waals surface area contributed by atoms with Crippen LogP contribution in [0.4, 0.5) is 0 Å². The molecule has 0 amide bonds. The first-order valence-corrected chi connectivity index (χ1v) is 10.4. The highest BCUT2D eigenvalue weighted by Crippen LogP contribution is 2.72. The normalized spacial score (nSPS) is 48.4. The third-order valence-electron chi connectivity index (χ3n) is 8.93. The molecule has 4 fully saturated rings. The van der Waals surface area contributed by atoms with Gasteiger partial charge in [-0.05, 0) is 68.1 Å². The Kier molecular flexibility index (Phi) is 4.07. The third kappa shape index (κ3) is 2.39. The van der Waals surface area contributed by atoms with Gasteiger partial charge in [0.1, 0.15) is 0 Å². The van der Waals surface area contributed by atoms with Crippen LogP contribution in [0.2, 0.25) is 0 Å². The lowest BCUT2D eigenvalue weighted by atomic mass is 9.41. The first-order chi connectivity index (χ1) is 12.6. The second-order valence-electron chi connectivity index (χ2n) is 10.2. The van der Waals surface area contributed by atoms with Crippen LogP contribution in [0.1, 0.15) is 78.6 Å². The van der Waals surface area contributed by atoms with Crippen LogP contribution >= 0.6 is 0 Å². The molecule has 5 nitrogen and oxygen atoms in total. The van der Waals surface area contributed by atoms with Crippen molar-refractivity contribution in [3.63, 3.8) is 0 Å². The van der Waals surface area contributed by atoms with Crippen molar-refractivity contribution < 1.29 is 23.9 Å². The Morgan fingerprint density at radius 3 is 2.41 bits per heavy atom. The fourth-order valence-electron chi connectivity index (χ4n) is 8.06. The van der Waals surface area contributed by atoms with E-state index in [1.165, 1.54) is 14.0 Å². The number of ketones is 1. The summed E-state index contributed by atoms with van der Waals surface area (Å²) < 4.78 is 10.8. The predicted molar refractivity (Wildman–Crippen MR) is 98.7 cm³/mol. The second-order valence-corrected chi connectivity index (χ2v) is 10.2. The number of esters is 2. The minimum absolute atomic E-state index is 0.0342. The van der Waals surface area contributed by atoms with Crippen molar-refractivity contribution in [1.82, 2.24) is 0 Å². The molecule has 4 saturated carbocycles. The molecule has 150 valence electrons. The number of fused-ring (bicyclic) bond motifs is 3. The molecule has 0 radical (unpaired) electrons. The molecule has 0 aromatic rings. The second kappa shape index (κ2) is 5.81. The number of hydrogen-bond acceptors (Lipinski definition) is 5. The zero-order valence-electron chi connectivity index (χ0n) is 17.1. The molecule has 27 heavy (non-hydrogen) atoms. The van der Waals surface area contributed by atoms with E-state index < -0.39 is 11.0 Å². The van der Waals surface area contributed by atoms with Crippen LogP contribution in [-0.4, -0.2) is 30.4 Å². The van der Waals surface area contributed by atoms with Gasteiger partial charge in [0.2, 0.25) is 0 Å². The maximum absolute atomic E-state index is 13.0. The molecule has 0 N–H and O–H groups in total. The standard InChI is InChI=1S/C22H32O5/c1-14(23)27-22-11-7-16-19(2)8-5-9-20(3,18(25)26-4)15(19)6-10-21(16,13-22)12-17(22)24/h15-16H,5-13H2,1-4H3/t15?,16?,19-,20-,21-,22+/m1/s1. The van der Waals surface area contributed by atoms with Crippen LogP contribution < -0.4 is 0 Å². The van der Waals surface area contributed by atoms with E-state index in [-0.39, 0.29) is 28.6 Å². The van der Waals surface area contributed by atoms with Gasteiger partial charge in [-0.3, -0.25) is 14.4 Å². The van der Waals surface area contributed by atoms with Gasteiger partial charge in [0.05, 0.1) is 12.5 Å². The van der Waals surface area contributed by atoms with Crippen molar-refractivity contribution in [2.75, 3.05) is 7.11 Å². The zero-order valence-corrected chi connectivity index (χ0v) is 17.1. The Bertz CT molecular complexity index is 701. The van der Waals surface area contributed by atoms with Crippen LogP contribution in [0.5, 0.6) is 0 Å². The van der Waals surface area contributed by atoms with Crippen molar-refractivity contribution in [2.45, 2.75) is 84.2 Å². The number of methoxy groups -OCH3 is 1. The Morgan fingerprint density at radius 2 is 1.74 bits per heavy atom. The molecule has 1 spiro atoms. The summed E-state index contributed by atoms with van der Waals surface area (Å²) in [4.78, 5) is 37.3. The van der Waals surface area contributed by atoms with Crippen molar-refractivity contribution in [1.29, 1.82) is 0 Å². The maximum Gasteiger partial charge on any atom is 0.311 e. The summed E-state index contributed by atoms with van der Waals surface area (Å²) in [5.74, 6) is 0.382. The van der Waals surface area contributed by atoms with E-state index in [1.54, 1.807) is 0 Å². The quantitative estimate of drug-likeness (QED) is 0.685. The fraction of sp³-hybridized carbons (Fsp3) is 0.864. The third-order valence-corrected chi connectivity index (χ3v) is 8.93. The molecular formula is C22H32O5. The van der Waals surface area contributed by atoms with E-state index in [0.717, 1.165) is 38.5 Å². The molecule has 2 unspecified atom stereocenters. The fourth-order valence-corrected chi connectivity index (χ4v) is 8.06. The summed E-state index contributed by atoms with van der Waals surface area (Å²) in [5, 5.41) is 0. The Morgan fingerprint density at radius 1 is 1.04 bits per heavy atom. The van der Waals surface area contributed by atoms with E-state index in [2.05, 4.69) is 13.8 Å². The topological polar surface area (TPSA) is 69.7 Å². The highest BCUT2D eigenvalue weighted by molar-refractivity contribution is 5.93. The molecule has 5 heteroatoms. The minimum atomic E-state index is -0.883. The smallest absolute Gasteiger partial charge is 0.311 e. The van der Waals surface area contributed by atoms with Gasteiger partial charge in [0.15, 0.2) is 11.4 Å².